The Hall–Kier alpha value is -1.55. The van der Waals surface area contributed by atoms with Crippen molar-refractivity contribution in [3.05, 3.63) is 29.8 Å². The molecular formula is C16H25N3O. The summed E-state index contributed by atoms with van der Waals surface area (Å²) < 4.78 is 0. The van der Waals surface area contributed by atoms with Crippen molar-refractivity contribution in [2.45, 2.75) is 38.6 Å². The molecule has 1 fully saturated rings. The van der Waals surface area contributed by atoms with Crippen molar-refractivity contribution in [3.63, 3.8) is 0 Å². The van der Waals surface area contributed by atoms with E-state index in [2.05, 4.69) is 10.6 Å². The summed E-state index contributed by atoms with van der Waals surface area (Å²) in [5.41, 5.74) is 7.53. The number of hydrogen-bond acceptors (Lipinski definition) is 3. The Labute approximate surface area is 121 Å². The van der Waals surface area contributed by atoms with Gasteiger partial charge in [-0.25, -0.2) is 0 Å². The van der Waals surface area contributed by atoms with E-state index in [9.17, 15) is 4.79 Å². The van der Waals surface area contributed by atoms with Crippen LogP contribution in [0.5, 0.6) is 0 Å². The third kappa shape index (κ3) is 3.73. The fraction of sp³-hybridized carbons (Fsp3) is 0.562. The summed E-state index contributed by atoms with van der Waals surface area (Å²) in [6.45, 7) is 3.49. The van der Waals surface area contributed by atoms with Crippen LogP contribution in [0.1, 0.15) is 43.0 Å². The van der Waals surface area contributed by atoms with Crippen LogP contribution in [0.2, 0.25) is 0 Å². The Morgan fingerprint density at radius 2 is 2.25 bits per heavy atom. The van der Waals surface area contributed by atoms with E-state index in [0.29, 0.717) is 24.1 Å². The van der Waals surface area contributed by atoms with Crippen molar-refractivity contribution < 1.29 is 4.79 Å². The summed E-state index contributed by atoms with van der Waals surface area (Å²) >= 11 is 0. The summed E-state index contributed by atoms with van der Waals surface area (Å²) in [6.07, 6.45) is 4.54. The van der Waals surface area contributed by atoms with Gasteiger partial charge < -0.3 is 16.4 Å². The van der Waals surface area contributed by atoms with Gasteiger partial charge in [-0.3, -0.25) is 4.79 Å². The summed E-state index contributed by atoms with van der Waals surface area (Å²) in [6, 6.07) is 8.16. The van der Waals surface area contributed by atoms with Gasteiger partial charge in [0.25, 0.3) is 5.91 Å². The van der Waals surface area contributed by atoms with Gasteiger partial charge in [0.15, 0.2) is 0 Å². The molecule has 4 heteroatoms. The topological polar surface area (TPSA) is 67.2 Å². The van der Waals surface area contributed by atoms with Crippen LogP contribution in [0.25, 0.3) is 0 Å². The van der Waals surface area contributed by atoms with Crippen molar-refractivity contribution in [1.29, 1.82) is 0 Å². The average Bonchev–Trinajstić information content (AvgIpc) is 2.92. The highest BCUT2D eigenvalue weighted by Gasteiger charge is 2.25. The van der Waals surface area contributed by atoms with Crippen LogP contribution in [0.4, 0.5) is 5.69 Å². The van der Waals surface area contributed by atoms with Gasteiger partial charge in [0, 0.05) is 23.8 Å². The molecular weight excluding hydrogens is 250 g/mol. The van der Waals surface area contributed by atoms with E-state index in [1.807, 2.05) is 31.2 Å². The summed E-state index contributed by atoms with van der Waals surface area (Å²) in [7, 11) is 0. The molecule has 0 bridgehead atoms. The Balaban J connectivity index is 2.00. The smallest absolute Gasteiger partial charge is 0.251 e. The number of carbonyl (C=O) groups is 1. The second kappa shape index (κ2) is 7.29. The van der Waals surface area contributed by atoms with E-state index < -0.39 is 0 Å². The van der Waals surface area contributed by atoms with Gasteiger partial charge in [0.2, 0.25) is 0 Å². The predicted molar refractivity (Wildman–Crippen MR) is 82.9 cm³/mol. The van der Waals surface area contributed by atoms with Gasteiger partial charge in [-0.1, -0.05) is 19.4 Å². The summed E-state index contributed by atoms with van der Waals surface area (Å²) in [5.74, 6) is 0.546. The largest absolute Gasteiger partial charge is 0.382 e. The van der Waals surface area contributed by atoms with Gasteiger partial charge in [-0.05, 0) is 49.9 Å². The lowest BCUT2D eigenvalue weighted by atomic mass is 10.0. The molecule has 2 atom stereocenters. The van der Waals surface area contributed by atoms with Crippen molar-refractivity contribution in [3.8, 4) is 0 Å². The van der Waals surface area contributed by atoms with Gasteiger partial charge in [-0.2, -0.15) is 0 Å². The van der Waals surface area contributed by atoms with Gasteiger partial charge in [0.05, 0.1) is 0 Å². The van der Waals surface area contributed by atoms with Crippen molar-refractivity contribution in [2.75, 3.05) is 18.4 Å². The fourth-order valence-electron chi connectivity index (χ4n) is 2.81. The first-order chi connectivity index (χ1) is 9.74. The molecule has 2 rings (SSSR count). The molecule has 1 aliphatic carbocycles. The maximum absolute atomic E-state index is 12.0. The van der Waals surface area contributed by atoms with Crippen LogP contribution in [-0.4, -0.2) is 25.0 Å². The Morgan fingerprint density at radius 3 is 3.00 bits per heavy atom. The minimum atomic E-state index is -0.00250. The minimum Gasteiger partial charge on any atom is -0.382 e. The summed E-state index contributed by atoms with van der Waals surface area (Å²) in [4.78, 5) is 12.0. The lowest BCUT2D eigenvalue weighted by Gasteiger charge is -2.21. The number of nitrogens with one attached hydrogen (secondary N) is 2. The SMILES string of the molecule is CCCNC(=O)c1cccc(NC2CCCC2CN)c1. The molecule has 1 aromatic carbocycles. The van der Waals surface area contributed by atoms with Crippen LogP contribution in [-0.2, 0) is 0 Å². The first-order valence-corrected chi connectivity index (χ1v) is 7.59. The zero-order valence-corrected chi connectivity index (χ0v) is 12.2. The van der Waals surface area contributed by atoms with E-state index >= 15 is 0 Å². The lowest BCUT2D eigenvalue weighted by molar-refractivity contribution is 0.0953. The van der Waals surface area contributed by atoms with E-state index in [1.165, 1.54) is 12.8 Å². The maximum Gasteiger partial charge on any atom is 0.251 e. The van der Waals surface area contributed by atoms with Crippen molar-refractivity contribution in [1.82, 2.24) is 5.32 Å². The van der Waals surface area contributed by atoms with E-state index in [0.717, 1.165) is 25.1 Å². The summed E-state index contributed by atoms with van der Waals surface area (Å²) in [5, 5.41) is 6.44. The number of nitrogens with two attached hydrogens (primary N) is 1. The molecule has 0 aliphatic heterocycles. The Bertz CT molecular complexity index is 447. The van der Waals surface area contributed by atoms with Gasteiger partial charge in [-0.15, -0.1) is 0 Å². The molecule has 20 heavy (non-hydrogen) atoms. The number of amides is 1. The highest BCUT2D eigenvalue weighted by molar-refractivity contribution is 5.95. The Morgan fingerprint density at radius 1 is 1.40 bits per heavy atom. The molecule has 1 aromatic rings. The van der Waals surface area contributed by atoms with Crippen molar-refractivity contribution in [2.24, 2.45) is 11.7 Å². The van der Waals surface area contributed by atoms with Crippen LogP contribution in [0, 0.1) is 5.92 Å². The maximum atomic E-state index is 12.0. The number of carbonyl (C=O) groups excluding carboxylic acids is 1. The van der Waals surface area contributed by atoms with Crippen LogP contribution in [0.3, 0.4) is 0 Å². The molecule has 0 aromatic heterocycles. The number of rotatable bonds is 6. The van der Waals surface area contributed by atoms with E-state index in [-0.39, 0.29) is 5.91 Å². The fourth-order valence-corrected chi connectivity index (χ4v) is 2.81. The number of anilines is 1. The van der Waals surface area contributed by atoms with Crippen molar-refractivity contribution >= 4 is 11.6 Å². The second-order valence-corrected chi connectivity index (χ2v) is 5.51. The minimum absolute atomic E-state index is 0.00250. The quantitative estimate of drug-likeness (QED) is 0.746. The van der Waals surface area contributed by atoms with Gasteiger partial charge >= 0.3 is 0 Å². The highest BCUT2D eigenvalue weighted by atomic mass is 16.1. The van der Waals surface area contributed by atoms with Crippen LogP contribution >= 0.6 is 0 Å². The van der Waals surface area contributed by atoms with Gasteiger partial charge in [0.1, 0.15) is 0 Å². The van der Waals surface area contributed by atoms with E-state index in [4.69, 9.17) is 5.73 Å². The molecule has 0 heterocycles. The van der Waals surface area contributed by atoms with Crippen LogP contribution < -0.4 is 16.4 Å². The third-order valence-electron chi connectivity index (χ3n) is 3.97. The van der Waals surface area contributed by atoms with Crippen LogP contribution in [0.15, 0.2) is 24.3 Å². The average molecular weight is 275 g/mol. The third-order valence-corrected chi connectivity index (χ3v) is 3.97. The zero-order chi connectivity index (χ0) is 14.4. The zero-order valence-electron chi connectivity index (χ0n) is 12.2. The van der Waals surface area contributed by atoms with E-state index in [1.54, 1.807) is 0 Å². The second-order valence-electron chi connectivity index (χ2n) is 5.51. The molecule has 1 aliphatic rings. The molecule has 4 N–H and O–H groups in total. The first-order valence-electron chi connectivity index (χ1n) is 7.59. The number of benzene rings is 1. The predicted octanol–water partition coefficient (Wildman–Crippen LogP) is 2.37. The lowest BCUT2D eigenvalue weighted by Crippen LogP contribution is -2.29. The number of hydrogen-bond donors (Lipinski definition) is 3. The molecule has 4 nitrogen and oxygen atoms in total. The molecule has 2 unspecified atom stereocenters. The molecule has 1 saturated carbocycles. The Kier molecular flexibility index (Phi) is 5.41. The molecule has 1 amide bonds. The monoisotopic (exact) mass is 275 g/mol. The standard InChI is InChI=1S/C16H25N3O/c1-2-9-18-16(20)12-5-3-7-14(10-12)19-15-8-4-6-13(15)11-17/h3,5,7,10,13,15,19H,2,4,6,8-9,11,17H2,1H3,(H,18,20). The molecule has 110 valence electrons. The highest BCUT2D eigenvalue weighted by Crippen LogP contribution is 2.27. The molecule has 0 spiro atoms. The molecule has 0 saturated heterocycles. The molecule has 0 radical (unpaired) electrons. The first kappa shape index (κ1) is 14.9. The normalized spacial score (nSPS) is 21.7.